The van der Waals surface area contributed by atoms with Crippen molar-refractivity contribution in [3.05, 3.63) is 29.6 Å². The Kier molecular flexibility index (Phi) is 2.34. The smallest absolute Gasteiger partial charge is 0.197 e. The molecule has 5 heteroatoms. The van der Waals surface area contributed by atoms with E-state index >= 15 is 0 Å². The van der Waals surface area contributed by atoms with Gasteiger partial charge in [0.2, 0.25) is 0 Å². The first-order valence-corrected chi connectivity index (χ1v) is 4.89. The van der Waals surface area contributed by atoms with Gasteiger partial charge in [0.25, 0.3) is 0 Å². The zero-order valence-electron chi connectivity index (χ0n) is 7.27. The Balaban J connectivity index is 2.39. The number of phenols is 1. The Bertz CT molecular complexity index is 441. The molecule has 4 nitrogen and oxygen atoms in total. The molecule has 1 aromatic carbocycles. The number of nitrogens with zero attached hydrogens (tertiary/aromatic N) is 1. The van der Waals surface area contributed by atoms with E-state index < -0.39 is 0 Å². The standard InChI is InChI=1S/C9H9N3OS/c10-12-9-11-8(5-14-9)6-2-1-3-7(13)4-6/h1-5,13H,10H2,(H,11,12). The van der Waals surface area contributed by atoms with Gasteiger partial charge in [-0.05, 0) is 12.1 Å². The summed E-state index contributed by atoms with van der Waals surface area (Å²) in [5, 5.41) is 11.8. The molecule has 0 unspecified atom stereocenters. The van der Waals surface area contributed by atoms with Crippen molar-refractivity contribution in [1.82, 2.24) is 4.98 Å². The minimum atomic E-state index is 0.234. The molecule has 0 amide bonds. The molecule has 0 spiro atoms. The van der Waals surface area contributed by atoms with Gasteiger partial charge in [-0.2, -0.15) is 0 Å². The number of hydrogen-bond acceptors (Lipinski definition) is 5. The minimum absolute atomic E-state index is 0.234. The third-order valence-corrected chi connectivity index (χ3v) is 2.54. The van der Waals surface area contributed by atoms with Gasteiger partial charge >= 0.3 is 0 Å². The van der Waals surface area contributed by atoms with Crippen molar-refractivity contribution in [1.29, 1.82) is 0 Å². The lowest BCUT2D eigenvalue weighted by molar-refractivity contribution is 0.475. The van der Waals surface area contributed by atoms with E-state index in [4.69, 9.17) is 5.84 Å². The van der Waals surface area contributed by atoms with Gasteiger partial charge in [-0.3, -0.25) is 5.43 Å². The Morgan fingerprint density at radius 2 is 2.29 bits per heavy atom. The summed E-state index contributed by atoms with van der Waals surface area (Å²) in [5.74, 6) is 5.45. The third kappa shape index (κ3) is 1.68. The molecule has 0 bridgehead atoms. The van der Waals surface area contributed by atoms with Crippen molar-refractivity contribution in [3.8, 4) is 17.0 Å². The zero-order valence-corrected chi connectivity index (χ0v) is 8.08. The quantitative estimate of drug-likeness (QED) is 0.518. The van der Waals surface area contributed by atoms with Crippen LogP contribution in [0.25, 0.3) is 11.3 Å². The maximum Gasteiger partial charge on any atom is 0.197 e. The summed E-state index contributed by atoms with van der Waals surface area (Å²) in [4.78, 5) is 4.21. The fourth-order valence-corrected chi connectivity index (χ4v) is 1.77. The molecule has 0 aliphatic carbocycles. The topological polar surface area (TPSA) is 71.2 Å². The lowest BCUT2D eigenvalue weighted by atomic mass is 10.2. The fourth-order valence-electron chi connectivity index (χ4n) is 1.14. The van der Waals surface area contributed by atoms with Gasteiger partial charge < -0.3 is 5.11 Å². The average Bonchev–Trinajstić information content (AvgIpc) is 2.66. The van der Waals surface area contributed by atoms with Crippen molar-refractivity contribution in [2.75, 3.05) is 5.43 Å². The summed E-state index contributed by atoms with van der Waals surface area (Å²) >= 11 is 1.42. The molecule has 72 valence electrons. The molecule has 1 heterocycles. The second-order valence-corrected chi connectivity index (χ2v) is 3.59. The Hall–Kier alpha value is -1.59. The number of phenolic OH excluding ortho intramolecular Hbond substituents is 1. The van der Waals surface area contributed by atoms with E-state index in [0.717, 1.165) is 11.3 Å². The lowest BCUT2D eigenvalue weighted by Crippen LogP contribution is -2.05. The number of aromatic nitrogens is 1. The number of rotatable bonds is 2. The highest BCUT2D eigenvalue weighted by Gasteiger charge is 2.03. The molecule has 0 fully saturated rings. The lowest BCUT2D eigenvalue weighted by Gasteiger charge is -1.96. The van der Waals surface area contributed by atoms with Gasteiger partial charge in [0.05, 0.1) is 5.69 Å². The molecule has 0 radical (unpaired) electrons. The number of hydrazine groups is 1. The second-order valence-electron chi connectivity index (χ2n) is 2.73. The van der Waals surface area contributed by atoms with Crippen LogP contribution in [-0.4, -0.2) is 10.1 Å². The van der Waals surface area contributed by atoms with Gasteiger partial charge in [-0.15, -0.1) is 11.3 Å². The van der Waals surface area contributed by atoms with Crippen LogP contribution in [-0.2, 0) is 0 Å². The van der Waals surface area contributed by atoms with Gasteiger partial charge in [-0.1, -0.05) is 12.1 Å². The van der Waals surface area contributed by atoms with Crippen LogP contribution >= 0.6 is 11.3 Å². The van der Waals surface area contributed by atoms with Crippen molar-refractivity contribution in [3.63, 3.8) is 0 Å². The molecule has 2 aromatic rings. The van der Waals surface area contributed by atoms with Crippen LogP contribution in [0.3, 0.4) is 0 Å². The zero-order chi connectivity index (χ0) is 9.97. The van der Waals surface area contributed by atoms with Gasteiger partial charge in [0.1, 0.15) is 5.75 Å². The number of nitrogen functional groups attached to an aromatic ring is 1. The maximum absolute atomic E-state index is 9.27. The van der Waals surface area contributed by atoms with E-state index in [1.54, 1.807) is 18.2 Å². The highest BCUT2D eigenvalue weighted by Crippen LogP contribution is 2.26. The molecule has 0 aliphatic heterocycles. The number of thiazole rings is 1. The van der Waals surface area contributed by atoms with Crippen molar-refractivity contribution in [2.24, 2.45) is 5.84 Å². The number of anilines is 1. The molecule has 0 atom stereocenters. The number of benzene rings is 1. The van der Waals surface area contributed by atoms with Crippen LogP contribution in [0.15, 0.2) is 29.6 Å². The number of nitrogens with two attached hydrogens (primary N) is 1. The molecule has 14 heavy (non-hydrogen) atoms. The van der Waals surface area contributed by atoms with E-state index in [1.165, 1.54) is 11.3 Å². The SMILES string of the molecule is NNc1nc(-c2cccc(O)c2)cs1. The molecule has 0 aliphatic rings. The highest BCUT2D eigenvalue weighted by molar-refractivity contribution is 7.14. The molecule has 2 rings (SSSR count). The first-order valence-electron chi connectivity index (χ1n) is 4.01. The normalized spacial score (nSPS) is 10.1. The fraction of sp³-hybridized carbons (Fsp3) is 0. The van der Waals surface area contributed by atoms with Crippen LogP contribution < -0.4 is 11.3 Å². The summed E-state index contributed by atoms with van der Waals surface area (Å²) in [5.41, 5.74) is 4.16. The maximum atomic E-state index is 9.27. The molecule has 1 aromatic heterocycles. The van der Waals surface area contributed by atoms with Crippen LogP contribution in [0.2, 0.25) is 0 Å². The second kappa shape index (κ2) is 3.65. The minimum Gasteiger partial charge on any atom is -0.508 e. The molecular formula is C9H9N3OS. The Morgan fingerprint density at radius 1 is 1.43 bits per heavy atom. The number of hydrogen-bond donors (Lipinski definition) is 3. The molecule has 0 saturated carbocycles. The van der Waals surface area contributed by atoms with Gasteiger partial charge in [0, 0.05) is 10.9 Å². The van der Waals surface area contributed by atoms with Crippen LogP contribution in [0.1, 0.15) is 0 Å². The van der Waals surface area contributed by atoms with Crippen molar-refractivity contribution < 1.29 is 5.11 Å². The largest absolute Gasteiger partial charge is 0.508 e. The van der Waals surface area contributed by atoms with E-state index in [1.807, 2.05) is 11.4 Å². The number of aromatic hydroxyl groups is 1. The van der Waals surface area contributed by atoms with Crippen LogP contribution in [0, 0.1) is 0 Å². The summed E-state index contributed by atoms with van der Waals surface area (Å²) in [6, 6.07) is 6.95. The van der Waals surface area contributed by atoms with Gasteiger partial charge in [0.15, 0.2) is 5.13 Å². The van der Waals surface area contributed by atoms with Crippen molar-refractivity contribution >= 4 is 16.5 Å². The van der Waals surface area contributed by atoms with E-state index in [9.17, 15) is 5.11 Å². The van der Waals surface area contributed by atoms with Crippen LogP contribution in [0.4, 0.5) is 5.13 Å². The molecule has 4 N–H and O–H groups in total. The monoisotopic (exact) mass is 207 g/mol. The summed E-state index contributed by atoms with van der Waals surface area (Å²) < 4.78 is 0. The van der Waals surface area contributed by atoms with E-state index in [0.29, 0.717) is 5.13 Å². The highest BCUT2D eigenvalue weighted by atomic mass is 32.1. The predicted molar refractivity (Wildman–Crippen MR) is 57.0 cm³/mol. The average molecular weight is 207 g/mol. The van der Waals surface area contributed by atoms with Gasteiger partial charge in [-0.25, -0.2) is 10.8 Å². The summed E-state index contributed by atoms with van der Waals surface area (Å²) in [7, 11) is 0. The van der Waals surface area contributed by atoms with E-state index in [2.05, 4.69) is 10.4 Å². The third-order valence-electron chi connectivity index (χ3n) is 1.77. The molecule has 0 saturated heterocycles. The Morgan fingerprint density at radius 3 is 2.93 bits per heavy atom. The summed E-state index contributed by atoms with van der Waals surface area (Å²) in [6.07, 6.45) is 0. The number of nitrogens with one attached hydrogen (secondary N) is 1. The first-order chi connectivity index (χ1) is 6.79. The Labute approximate surface area is 85.0 Å². The van der Waals surface area contributed by atoms with Crippen molar-refractivity contribution in [2.45, 2.75) is 0 Å². The first kappa shape index (κ1) is 8.98. The molecular weight excluding hydrogens is 198 g/mol. The predicted octanol–water partition coefficient (Wildman–Crippen LogP) is 1.80. The van der Waals surface area contributed by atoms with Crippen LogP contribution in [0.5, 0.6) is 5.75 Å². The summed E-state index contributed by atoms with van der Waals surface area (Å²) in [6.45, 7) is 0. The van der Waals surface area contributed by atoms with E-state index in [-0.39, 0.29) is 5.75 Å².